The van der Waals surface area contributed by atoms with E-state index in [1.54, 1.807) is 0 Å². The van der Waals surface area contributed by atoms with Gasteiger partial charge < -0.3 is 9.90 Å². The number of aliphatic carboxylic acids is 1. The number of hydrogen-bond donors (Lipinski definition) is 0. The molecule has 6 heteroatoms. The first-order valence-corrected chi connectivity index (χ1v) is 4.12. The first-order valence-electron chi connectivity index (χ1n) is 3.68. The van der Waals surface area contributed by atoms with E-state index >= 15 is 0 Å². The summed E-state index contributed by atoms with van der Waals surface area (Å²) in [6.07, 6.45) is -0.309. The van der Waals surface area contributed by atoms with Gasteiger partial charge in [-0.25, -0.2) is 15.0 Å². The monoisotopic (exact) mass is 207 g/mol. The quantitative estimate of drug-likeness (QED) is 0.448. The van der Waals surface area contributed by atoms with Gasteiger partial charge in [-0.3, -0.25) is 0 Å². The van der Waals surface area contributed by atoms with Crippen LogP contribution in [0.5, 0.6) is 0 Å². The van der Waals surface area contributed by atoms with Crippen LogP contribution in [0.25, 0.3) is 0 Å². The van der Waals surface area contributed by atoms with Crippen molar-refractivity contribution in [1.82, 2.24) is 5.73 Å². The molecule has 2 amide bonds. The van der Waals surface area contributed by atoms with Gasteiger partial charge >= 0.3 is 6.03 Å². The molecular formula is C7H12ClN2O3. The van der Waals surface area contributed by atoms with Crippen LogP contribution in [0.15, 0.2) is 0 Å². The number of halogens is 1. The Morgan fingerprint density at radius 1 is 1.54 bits per heavy atom. The van der Waals surface area contributed by atoms with Crippen LogP contribution in [0.2, 0.25) is 0 Å². The van der Waals surface area contributed by atoms with Gasteiger partial charge in [0.1, 0.15) is 6.54 Å². The molecule has 0 aliphatic rings. The highest BCUT2D eigenvalue weighted by atomic mass is 35.5. The number of carboxylic acid groups (broad SMARTS) is 1. The number of nitrogens with zero attached hydrogens (tertiary/aromatic N) is 1. The van der Waals surface area contributed by atoms with E-state index in [2.05, 4.69) is 0 Å². The molecule has 0 rings (SSSR count). The zero-order valence-corrected chi connectivity index (χ0v) is 8.30. The van der Waals surface area contributed by atoms with Gasteiger partial charge in [-0.05, 0) is 0 Å². The Balaban J connectivity index is 4.11. The molecule has 0 heterocycles. The number of nitrogens with one attached hydrogen (secondary N) is 1. The van der Waals surface area contributed by atoms with E-state index in [0.717, 1.165) is 0 Å². The molecule has 75 valence electrons. The van der Waals surface area contributed by atoms with Crippen molar-refractivity contribution >= 4 is 23.6 Å². The number of urea groups is 1. The van der Waals surface area contributed by atoms with Gasteiger partial charge in [0.05, 0.1) is 19.5 Å². The summed E-state index contributed by atoms with van der Waals surface area (Å²) in [5, 5.41) is 9.45. The Morgan fingerprint density at radius 3 is 2.31 bits per heavy atom. The molecular weight excluding hydrogens is 196 g/mol. The molecule has 0 aliphatic carbocycles. The van der Waals surface area contributed by atoms with Gasteiger partial charge in [-0.2, -0.15) is 0 Å². The lowest BCUT2D eigenvalue weighted by molar-refractivity contribution is -0.807. The third kappa shape index (κ3) is 4.69. The zero-order chi connectivity index (χ0) is 10.6. The lowest BCUT2D eigenvalue weighted by atomic mass is 10.3. The van der Waals surface area contributed by atoms with Gasteiger partial charge in [0.15, 0.2) is 0 Å². The van der Waals surface area contributed by atoms with E-state index < -0.39 is 17.4 Å². The first-order chi connectivity index (χ1) is 5.75. The summed E-state index contributed by atoms with van der Waals surface area (Å²) in [6.45, 7) is 0.109. The van der Waals surface area contributed by atoms with Crippen molar-refractivity contribution in [1.29, 1.82) is 0 Å². The van der Waals surface area contributed by atoms with Crippen LogP contribution in [0.3, 0.4) is 0 Å². The molecule has 0 saturated carbocycles. The van der Waals surface area contributed by atoms with Gasteiger partial charge in [-0.15, -0.1) is 11.6 Å². The number of rotatable bonds is 4. The molecule has 13 heavy (non-hydrogen) atoms. The number of hydrogen-bond acceptors (Lipinski definition) is 3. The van der Waals surface area contributed by atoms with E-state index in [-0.39, 0.29) is 17.4 Å². The Hall–Kier alpha value is -0.810. The average Bonchev–Trinajstić information content (AvgIpc) is 1.82. The van der Waals surface area contributed by atoms with Crippen LogP contribution < -0.4 is 10.8 Å². The highest BCUT2D eigenvalue weighted by Crippen LogP contribution is 2.08. The Bertz CT molecular complexity index is 218. The van der Waals surface area contributed by atoms with E-state index in [1.165, 1.54) is 14.1 Å². The molecule has 1 unspecified atom stereocenters. The van der Waals surface area contributed by atoms with E-state index in [1.807, 2.05) is 0 Å². The number of carbonyl (C=O) groups excluding carboxylic acids is 2. The zero-order valence-electron chi connectivity index (χ0n) is 7.54. The SMILES string of the molecule is C[N+](C)(CC(Cl)CC(=O)[O-])C([NH])=O. The maximum Gasteiger partial charge on any atom is 0.434 e. The molecule has 0 aromatic heterocycles. The predicted octanol–water partition coefficient (Wildman–Crippen LogP) is -0.787. The normalized spacial score (nSPS) is 13.8. The second kappa shape index (κ2) is 4.43. The van der Waals surface area contributed by atoms with Crippen LogP contribution in [0, 0.1) is 0 Å². The third-order valence-electron chi connectivity index (χ3n) is 1.59. The number of alkyl halides is 1. The van der Waals surface area contributed by atoms with Crippen molar-refractivity contribution in [3.8, 4) is 0 Å². The molecule has 0 saturated heterocycles. The largest absolute Gasteiger partial charge is 0.550 e. The van der Waals surface area contributed by atoms with Crippen molar-refractivity contribution in [3.63, 3.8) is 0 Å². The maximum atomic E-state index is 10.7. The summed E-state index contributed by atoms with van der Waals surface area (Å²) in [5.74, 6) is -1.25. The fraction of sp³-hybridized carbons (Fsp3) is 0.714. The van der Waals surface area contributed by atoms with E-state index in [4.69, 9.17) is 17.3 Å². The Kier molecular flexibility index (Phi) is 4.16. The van der Waals surface area contributed by atoms with Gasteiger partial charge in [-0.1, -0.05) is 0 Å². The van der Waals surface area contributed by atoms with Crippen molar-refractivity contribution in [3.05, 3.63) is 0 Å². The summed E-state index contributed by atoms with van der Waals surface area (Å²) < 4.78 is -0.249. The maximum absolute atomic E-state index is 10.7. The third-order valence-corrected chi connectivity index (χ3v) is 1.88. The lowest BCUT2D eigenvalue weighted by Gasteiger charge is -2.25. The molecule has 0 fully saturated rings. The van der Waals surface area contributed by atoms with Crippen LogP contribution >= 0.6 is 11.6 Å². The molecule has 0 aliphatic heterocycles. The standard InChI is InChI=1S/C7H12ClN2O3/c1-10(2,7(9)13)4-5(8)3-6(11)12/h5,9H,3-4H2,1-2H3. The molecule has 1 N–H and O–H groups in total. The summed E-state index contributed by atoms with van der Waals surface area (Å²) in [4.78, 5) is 20.8. The van der Waals surface area contributed by atoms with Crippen LogP contribution in [-0.4, -0.2) is 42.5 Å². The highest BCUT2D eigenvalue weighted by Gasteiger charge is 2.27. The summed E-state index contributed by atoms with van der Waals surface area (Å²) in [6, 6.07) is -0.802. The van der Waals surface area contributed by atoms with Crippen molar-refractivity contribution in [2.75, 3.05) is 20.6 Å². The Morgan fingerprint density at radius 2 is 2.00 bits per heavy atom. The number of carboxylic acids is 1. The molecule has 0 spiro atoms. The van der Waals surface area contributed by atoms with Crippen LogP contribution in [0.1, 0.15) is 6.42 Å². The van der Waals surface area contributed by atoms with Crippen molar-refractivity contribution < 1.29 is 19.2 Å². The minimum absolute atomic E-state index is 0.109. The number of carbonyl (C=O) groups is 2. The second-order valence-electron chi connectivity index (χ2n) is 3.35. The number of amides is 2. The van der Waals surface area contributed by atoms with E-state index in [9.17, 15) is 14.7 Å². The molecule has 1 atom stereocenters. The van der Waals surface area contributed by atoms with Gasteiger partial charge in [0.25, 0.3) is 0 Å². The lowest BCUT2D eigenvalue weighted by Crippen LogP contribution is -2.49. The molecule has 0 aromatic rings. The smallest absolute Gasteiger partial charge is 0.434 e. The predicted molar refractivity (Wildman–Crippen MR) is 44.7 cm³/mol. The van der Waals surface area contributed by atoms with Gasteiger partial charge in [0.2, 0.25) is 0 Å². The summed E-state index contributed by atoms with van der Waals surface area (Å²) >= 11 is 5.63. The molecule has 0 bridgehead atoms. The van der Waals surface area contributed by atoms with Crippen LogP contribution in [0.4, 0.5) is 4.79 Å². The van der Waals surface area contributed by atoms with Gasteiger partial charge in [0, 0.05) is 12.4 Å². The minimum Gasteiger partial charge on any atom is -0.550 e. The van der Waals surface area contributed by atoms with Crippen molar-refractivity contribution in [2.24, 2.45) is 0 Å². The Labute approximate surface area is 81.7 Å². The fourth-order valence-corrected chi connectivity index (χ4v) is 1.29. The summed E-state index contributed by atoms with van der Waals surface area (Å²) in [5.41, 5.74) is 6.87. The average molecular weight is 208 g/mol. The summed E-state index contributed by atoms with van der Waals surface area (Å²) in [7, 11) is 3.00. The molecule has 5 nitrogen and oxygen atoms in total. The van der Waals surface area contributed by atoms with E-state index in [0.29, 0.717) is 0 Å². The highest BCUT2D eigenvalue weighted by molar-refractivity contribution is 6.21. The second-order valence-corrected chi connectivity index (χ2v) is 3.96. The molecule has 0 aromatic carbocycles. The number of quaternary nitrogens is 1. The van der Waals surface area contributed by atoms with Crippen molar-refractivity contribution in [2.45, 2.75) is 11.8 Å². The first kappa shape index (κ1) is 12.2. The topological polar surface area (TPSA) is 81.0 Å². The minimum atomic E-state index is -1.25. The fourth-order valence-electron chi connectivity index (χ4n) is 0.824. The molecule has 1 radical (unpaired) electrons. The van der Waals surface area contributed by atoms with Crippen LogP contribution in [-0.2, 0) is 4.79 Å².